The molecule has 9 rings (SSSR count). The zero-order chi connectivity index (χ0) is 54.1. The van der Waals surface area contributed by atoms with E-state index in [1.165, 1.54) is 230 Å². The SMILES string of the molecule is Bc1c(B)c(B)c(-c2c(B)c(B)c(-c3c4c(B)c(B)c(B)c(B)c4c(-c4c(B)c(B)c(-c5c(B)c(B)c6oc7c(B)c(B)c(B)c(B)c7c6c5B)c(B)c4B)c4c(B)c(B)c(B)c(B)c34)c(B)c2B)c(B)c1B. The van der Waals surface area contributed by atoms with Gasteiger partial charge in [-0.15, -0.1) is 43.7 Å². The molecule has 0 N–H and O–H groups in total. The summed E-state index contributed by atoms with van der Waals surface area (Å²) in [6, 6.07) is 0. The van der Waals surface area contributed by atoms with Gasteiger partial charge in [-0.3, -0.25) is 0 Å². The molecule has 9 aromatic rings. The van der Waals surface area contributed by atoms with Crippen LogP contribution in [0.3, 0.4) is 0 Å². The summed E-state index contributed by atoms with van der Waals surface area (Å²) in [5, 5.41) is 8.19. The molecule has 8 aromatic carbocycles. The van der Waals surface area contributed by atoms with E-state index in [1.807, 2.05) is 0 Å². The molecule has 0 unspecified atom stereocenters. The van der Waals surface area contributed by atoms with E-state index in [0.29, 0.717) is 0 Å². The number of hydrogen-bond donors (Lipinski definition) is 0. The lowest BCUT2D eigenvalue weighted by molar-refractivity contribution is 0.675. The molecule has 0 aliphatic rings. The highest BCUT2D eigenvalue weighted by molar-refractivity contribution is 6.77. The van der Waals surface area contributed by atoms with Gasteiger partial charge >= 0.3 is 0 Å². The molecule has 0 saturated heterocycles. The lowest BCUT2D eigenvalue weighted by Crippen LogP contribution is -2.57. The maximum atomic E-state index is 6.94. The maximum Gasteiger partial charge on any atom is 0.143 e. The molecule has 29 heteroatoms. The van der Waals surface area contributed by atoms with Gasteiger partial charge in [-0.25, -0.2) is 0 Å². The Hall–Kier alpha value is -4.10. The third-order valence-corrected chi connectivity index (χ3v) is 21.0. The van der Waals surface area contributed by atoms with E-state index in [1.54, 1.807) is 0 Å². The topological polar surface area (TPSA) is 13.1 Å². The normalized spacial score (nSPS) is 11.7. The van der Waals surface area contributed by atoms with Crippen molar-refractivity contribution in [1.82, 2.24) is 0 Å². The molecule has 0 aliphatic heterocycles. The number of hydrogen-bond acceptors (Lipinski definition) is 1. The molecule has 0 spiro atoms. The number of rotatable bonds is 4. The van der Waals surface area contributed by atoms with Gasteiger partial charge in [0, 0.05) is 10.8 Å². The first kappa shape index (κ1) is 53.7. The van der Waals surface area contributed by atoms with Crippen LogP contribution in [0.2, 0.25) is 0 Å². The van der Waals surface area contributed by atoms with E-state index in [9.17, 15) is 0 Å². The largest absolute Gasteiger partial charge is 0.457 e. The zero-order valence-corrected chi connectivity index (χ0v) is 50.4. The van der Waals surface area contributed by atoms with Crippen LogP contribution < -0.4 is 153 Å². The highest BCUT2D eigenvalue weighted by Gasteiger charge is 2.31. The molecule has 73 heavy (non-hydrogen) atoms. The van der Waals surface area contributed by atoms with E-state index in [0.717, 1.165) is 11.2 Å². The van der Waals surface area contributed by atoms with Crippen LogP contribution in [0.15, 0.2) is 4.42 Å². The Bertz CT molecular complexity index is 3950. The summed E-state index contributed by atoms with van der Waals surface area (Å²) in [7, 11) is 66.2. The highest BCUT2D eigenvalue weighted by Crippen LogP contribution is 2.39. The van der Waals surface area contributed by atoms with Gasteiger partial charge in [0.25, 0.3) is 0 Å². The van der Waals surface area contributed by atoms with E-state index < -0.39 is 0 Å². The predicted molar refractivity (Wildman–Crippen MR) is 419 cm³/mol. The molecular weight excluding hydrogens is 847 g/mol. The summed E-state index contributed by atoms with van der Waals surface area (Å²) < 4.78 is 6.94. The standard InChI is InChI=1S/C44H56B28O/c45-15-9(30(60)41(71)43-13(15)14-31(61)38(68)40(70)42(72)44(14)73-43)10-24(54)20(50)7(21(51)25(10)55)1-3-5(18(48)34(64)32(62)16(3)46)2(6-4(1)17(47)33(63)35(65)19(6)49)8-22(52)26(56)11(27(57)23(8)53)12-28(58)36(66)39(69)37(67)29(12)59/h45-72H2. The van der Waals surface area contributed by atoms with Crippen molar-refractivity contribution in [3.8, 4) is 44.5 Å². The van der Waals surface area contributed by atoms with Crippen molar-refractivity contribution < 1.29 is 4.42 Å². The van der Waals surface area contributed by atoms with Gasteiger partial charge in [-0.2, -0.15) is 0 Å². The Morgan fingerprint density at radius 3 is 0.562 bits per heavy atom. The van der Waals surface area contributed by atoms with Crippen LogP contribution in [0, 0.1) is 0 Å². The van der Waals surface area contributed by atoms with E-state index in [4.69, 9.17) is 4.42 Å². The van der Waals surface area contributed by atoms with Crippen molar-refractivity contribution in [2.45, 2.75) is 0 Å². The average molecular weight is 904 g/mol. The van der Waals surface area contributed by atoms with Crippen LogP contribution in [-0.4, -0.2) is 220 Å². The molecule has 0 aliphatic carbocycles. The molecule has 0 radical (unpaired) electrons. The fourth-order valence-electron chi connectivity index (χ4n) is 14.4. The molecule has 0 amide bonds. The van der Waals surface area contributed by atoms with Crippen LogP contribution in [0.1, 0.15) is 0 Å². The number of benzene rings is 8. The monoisotopic (exact) mass is 909 g/mol. The summed E-state index contributed by atoms with van der Waals surface area (Å²) in [6.45, 7) is 0. The van der Waals surface area contributed by atoms with Gasteiger partial charge < -0.3 is 4.42 Å². The number of furan rings is 1. The van der Waals surface area contributed by atoms with Gasteiger partial charge in [0.1, 0.15) is 231 Å². The van der Waals surface area contributed by atoms with Crippen LogP contribution in [-0.2, 0) is 0 Å². The molecule has 0 bridgehead atoms. The van der Waals surface area contributed by atoms with Crippen molar-refractivity contribution in [3.05, 3.63) is 0 Å². The van der Waals surface area contributed by atoms with Crippen LogP contribution >= 0.6 is 0 Å². The van der Waals surface area contributed by atoms with Crippen molar-refractivity contribution in [2.24, 2.45) is 0 Å². The molecule has 0 saturated carbocycles. The fraction of sp³-hybridized carbons (Fsp3) is 0. The minimum atomic E-state index is 1.03. The molecular formula is C44H56B28O. The zero-order valence-electron chi connectivity index (χ0n) is 50.4. The summed E-state index contributed by atoms with van der Waals surface area (Å²) in [6.07, 6.45) is 0. The van der Waals surface area contributed by atoms with Crippen LogP contribution in [0.5, 0.6) is 0 Å². The molecule has 1 heterocycles. The molecule has 1 nitrogen and oxygen atoms in total. The van der Waals surface area contributed by atoms with E-state index in [-0.39, 0.29) is 0 Å². The smallest absolute Gasteiger partial charge is 0.143 e. The minimum absolute atomic E-state index is 1.03. The quantitative estimate of drug-likeness (QED) is 0.127. The van der Waals surface area contributed by atoms with Gasteiger partial charge in [-0.1, -0.05) is 109 Å². The van der Waals surface area contributed by atoms with Gasteiger partial charge in [-0.05, 0) is 66.1 Å². The summed E-state index contributed by atoms with van der Waals surface area (Å²) in [5.74, 6) is 0. The fourth-order valence-corrected chi connectivity index (χ4v) is 14.4. The van der Waals surface area contributed by atoms with Crippen LogP contribution in [0.4, 0.5) is 0 Å². The third-order valence-electron chi connectivity index (χ3n) is 21.0. The van der Waals surface area contributed by atoms with Crippen molar-refractivity contribution >= 4 is 416 Å². The first-order valence-electron chi connectivity index (χ1n) is 27.2. The second-order valence-corrected chi connectivity index (χ2v) is 23.5. The van der Waals surface area contributed by atoms with Crippen molar-refractivity contribution in [1.29, 1.82) is 0 Å². The van der Waals surface area contributed by atoms with Crippen LogP contribution in [0.25, 0.3) is 88.0 Å². The molecule has 0 fully saturated rings. The Balaban J connectivity index is 1.49. The highest BCUT2D eigenvalue weighted by atomic mass is 16.3. The first-order chi connectivity index (χ1) is 34.0. The van der Waals surface area contributed by atoms with E-state index >= 15 is 0 Å². The average Bonchev–Trinajstić information content (AvgIpc) is 3.77. The molecule has 322 valence electrons. The minimum Gasteiger partial charge on any atom is -0.457 e. The second kappa shape index (κ2) is 18.3. The lowest BCUT2D eigenvalue weighted by Gasteiger charge is -2.33. The summed E-state index contributed by atoms with van der Waals surface area (Å²) in [5.41, 5.74) is 51.5. The third kappa shape index (κ3) is 7.09. The Kier molecular flexibility index (Phi) is 13.5. The molecule has 1 aromatic heterocycles. The van der Waals surface area contributed by atoms with Gasteiger partial charge in [0.15, 0.2) is 0 Å². The molecule has 0 atom stereocenters. The summed E-state index contributed by atoms with van der Waals surface area (Å²) >= 11 is 0. The Morgan fingerprint density at radius 2 is 0.274 bits per heavy atom. The Labute approximate surface area is 461 Å². The van der Waals surface area contributed by atoms with E-state index in [2.05, 4.69) is 220 Å². The van der Waals surface area contributed by atoms with Crippen molar-refractivity contribution in [2.75, 3.05) is 0 Å². The first-order valence-corrected chi connectivity index (χ1v) is 27.2. The second-order valence-electron chi connectivity index (χ2n) is 23.5. The lowest BCUT2D eigenvalue weighted by atomic mass is 9.54. The maximum absolute atomic E-state index is 6.94. The Morgan fingerprint density at radius 1 is 0.123 bits per heavy atom. The van der Waals surface area contributed by atoms with Gasteiger partial charge in [0.05, 0.1) is 0 Å². The van der Waals surface area contributed by atoms with Crippen molar-refractivity contribution in [3.63, 3.8) is 0 Å². The summed E-state index contributed by atoms with van der Waals surface area (Å²) in [4.78, 5) is 0. The predicted octanol–water partition coefficient (Wildman–Crippen LogP) is -36.2. The number of fused-ring (bicyclic) bond motifs is 5. The van der Waals surface area contributed by atoms with Gasteiger partial charge in [0.2, 0.25) is 0 Å².